The lowest BCUT2D eigenvalue weighted by Crippen LogP contribution is -2.35. The molecule has 4 heteroatoms. The maximum Gasteiger partial charge on any atom is 0.274 e. The zero-order valence-corrected chi connectivity index (χ0v) is 9.64. The third-order valence-corrected chi connectivity index (χ3v) is 3.57. The molecule has 2 aliphatic rings. The van der Waals surface area contributed by atoms with Crippen LogP contribution in [0, 0.1) is 18.8 Å². The van der Waals surface area contributed by atoms with E-state index in [9.17, 15) is 4.79 Å². The molecule has 0 radical (unpaired) electrons. The normalized spacial score (nSPS) is 27.9. The van der Waals surface area contributed by atoms with Crippen molar-refractivity contribution in [2.24, 2.45) is 16.9 Å². The predicted molar refractivity (Wildman–Crippen MR) is 63.7 cm³/mol. The highest BCUT2D eigenvalue weighted by Crippen LogP contribution is 2.40. The van der Waals surface area contributed by atoms with Crippen molar-refractivity contribution < 1.29 is 9.21 Å². The van der Waals surface area contributed by atoms with Gasteiger partial charge in [-0.15, -0.1) is 0 Å². The van der Waals surface area contributed by atoms with Gasteiger partial charge in [0, 0.05) is 11.6 Å². The number of hydrogen-bond donors (Lipinski definition) is 1. The second kappa shape index (κ2) is 3.87. The van der Waals surface area contributed by atoms with Gasteiger partial charge in [0.05, 0.1) is 11.8 Å². The Balaban J connectivity index is 1.64. The number of amides is 1. The molecule has 1 amide bonds. The number of allylic oxidation sites excluding steroid dienone is 2. The molecule has 1 aromatic rings. The molecule has 0 spiro atoms. The van der Waals surface area contributed by atoms with Gasteiger partial charge in [-0.1, -0.05) is 12.2 Å². The van der Waals surface area contributed by atoms with Crippen molar-refractivity contribution in [1.29, 1.82) is 0 Å². The van der Waals surface area contributed by atoms with Crippen LogP contribution in [0.3, 0.4) is 0 Å². The number of nitrogens with one attached hydrogen (secondary N) is 1. The molecular formula is C13H14N2O2. The SMILES string of the molecule is Cc1occc1C(=O)N/N=C1/C[C@H]2C=CC[C@@H]12. The third kappa shape index (κ3) is 1.69. The number of fused-ring (bicyclic) bond motifs is 1. The lowest BCUT2D eigenvalue weighted by atomic mass is 9.74. The third-order valence-electron chi connectivity index (χ3n) is 3.57. The lowest BCUT2D eigenvalue weighted by Gasteiger charge is -2.31. The summed E-state index contributed by atoms with van der Waals surface area (Å²) in [6.07, 6.45) is 7.99. The molecule has 0 aromatic carbocycles. The Morgan fingerprint density at radius 3 is 3.18 bits per heavy atom. The summed E-state index contributed by atoms with van der Waals surface area (Å²) in [7, 11) is 0. The van der Waals surface area contributed by atoms with Gasteiger partial charge in [-0.05, 0) is 31.7 Å². The Bertz CT molecular complexity index is 513. The van der Waals surface area contributed by atoms with Crippen molar-refractivity contribution in [3.8, 4) is 0 Å². The van der Waals surface area contributed by atoms with Gasteiger partial charge in [-0.25, -0.2) is 5.43 Å². The monoisotopic (exact) mass is 230 g/mol. The van der Waals surface area contributed by atoms with Crippen LogP contribution in [0.1, 0.15) is 29.0 Å². The molecule has 17 heavy (non-hydrogen) atoms. The zero-order chi connectivity index (χ0) is 11.8. The summed E-state index contributed by atoms with van der Waals surface area (Å²) in [5, 5.41) is 4.20. The van der Waals surface area contributed by atoms with Crippen molar-refractivity contribution in [1.82, 2.24) is 5.43 Å². The summed E-state index contributed by atoms with van der Waals surface area (Å²) >= 11 is 0. The minimum atomic E-state index is -0.196. The van der Waals surface area contributed by atoms with E-state index >= 15 is 0 Å². The first-order valence-electron chi connectivity index (χ1n) is 5.83. The van der Waals surface area contributed by atoms with Crippen molar-refractivity contribution in [3.05, 3.63) is 35.8 Å². The number of rotatable bonds is 2. The molecule has 1 fully saturated rings. The number of furan rings is 1. The second-order valence-corrected chi connectivity index (χ2v) is 4.57. The van der Waals surface area contributed by atoms with E-state index in [4.69, 9.17) is 4.42 Å². The van der Waals surface area contributed by atoms with E-state index in [0.29, 0.717) is 23.2 Å². The fourth-order valence-corrected chi connectivity index (χ4v) is 2.47. The Hall–Kier alpha value is -1.84. The molecule has 2 atom stereocenters. The van der Waals surface area contributed by atoms with Gasteiger partial charge in [0.15, 0.2) is 0 Å². The van der Waals surface area contributed by atoms with Crippen molar-refractivity contribution in [2.75, 3.05) is 0 Å². The number of hydrogen-bond acceptors (Lipinski definition) is 3. The molecule has 0 saturated heterocycles. The zero-order valence-electron chi connectivity index (χ0n) is 9.64. The number of aryl methyl sites for hydroxylation is 1. The van der Waals surface area contributed by atoms with Crippen LogP contribution >= 0.6 is 0 Å². The first-order valence-corrected chi connectivity index (χ1v) is 5.83. The number of hydrazone groups is 1. The van der Waals surface area contributed by atoms with Gasteiger partial charge in [0.25, 0.3) is 5.91 Å². The molecule has 1 heterocycles. The van der Waals surface area contributed by atoms with Gasteiger partial charge in [-0.3, -0.25) is 4.79 Å². The van der Waals surface area contributed by atoms with E-state index < -0.39 is 0 Å². The standard InChI is InChI=1S/C13H14N2O2/c1-8-10(5-6-17-8)13(16)15-14-12-7-9-3-2-4-11(9)12/h2-3,5-6,9,11H,4,7H2,1H3,(H,15,16)/b14-12-/t9-,11-/m1/s1. The number of carbonyl (C=O) groups is 1. The molecule has 0 aliphatic heterocycles. The largest absolute Gasteiger partial charge is 0.469 e. The summed E-state index contributed by atoms with van der Waals surface area (Å²) in [6, 6.07) is 1.66. The molecular weight excluding hydrogens is 216 g/mol. The summed E-state index contributed by atoms with van der Waals surface area (Å²) in [5.74, 6) is 1.61. The van der Waals surface area contributed by atoms with Crippen LogP contribution in [-0.2, 0) is 0 Å². The van der Waals surface area contributed by atoms with Crippen LogP contribution in [0.2, 0.25) is 0 Å². The first-order chi connectivity index (χ1) is 8.25. The Morgan fingerprint density at radius 2 is 2.47 bits per heavy atom. The first kappa shape index (κ1) is 10.3. The summed E-state index contributed by atoms with van der Waals surface area (Å²) in [4.78, 5) is 11.8. The molecule has 1 N–H and O–H groups in total. The van der Waals surface area contributed by atoms with Crippen molar-refractivity contribution in [3.63, 3.8) is 0 Å². The van der Waals surface area contributed by atoms with Crippen LogP contribution in [-0.4, -0.2) is 11.6 Å². The summed E-state index contributed by atoms with van der Waals surface area (Å²) in [6.45, 7) is 1.77. The predicted octanol–water partition coefficient (Wildman–Crippen LogP) is 2.27. The lowest BCUT2D eigenvalue weighted by molar-refractivity contribution is 0.0952. The molecule has 0 unspecified atom stereocenters. The van der Waals surface area contributed by atoms with Crippen LogP contribution in [0.4, 0.5) is 0 Å². The average Bonchev–Trinajstić information content (AvgIpc) is 2.86. The van der Waals surface area contributed by atoms with Gasteiger partial charge in [0.1, 0.15) is 5.76 Å². The van der Waals surface area contributed by atoms with Crippen LogP contribution < -0.4 is 5.43 Å². The average molecular weight is 230 g/mol. The number of nitrogens with zero attached hydrogens (tertiary/aromatic N) is 1. The molecule has 2 aliphatic carbocycles. The van der Waals surface area contributed by atoms with E-state index in [1.165, 1.54) is 6.26 Å². The summed E-state index contributed by atoms with van der Waals surface area (Å²) in [5.41, 5.74) is 4.26. The van der Waals surface area contributed by atoms with E-state index in [0.717, 1.165) is 18.6 Å². The second-order valence-electron chi connectivity index (χ2n) is 4.57. The van der Waals surface area contributed by atoms with Crippen LogP contribution in [0.25, 0.3) is 0 Å². The molecule has 1 aromatic heterocycles. The smallest absolute Gasteiger partial charge is 0.274 e. The van der Waals surface area contributed by atoms with Gasteiger partial charge in [0.2, 0.25) is 0 Å². The van der Waals surface area contributed by atoms with E-state index in [2.05, 4.69) is 22.7 Å². The highest BCUT2D eigenvalue weighted by Gasteiger charge is 2.38. The number of carbonyl (C=O) groups excluding carboxylic acids is 1. The highest BCUT2D eigenvalue weighted by molar-refractivity contribution is 5.98. The fourth-order valence-electron chi connectivity index (χ4n) is 2.47. The van der Waals surface area contributed by atoms with E-state index in [1.807, 2.05) is 0 Å². The van der Waals surface area contributed by atoms with Crippen LogP contribution in [0.15, 0.2) is 34.0 Å². The van der Waals surface area contributed by atoms with Crippen molar-refractivity contribution >= 4 is 11.6 Å². The van der Waals surface area contributed by atoms with E-state index in [-0.39, 0.29) is 5.91 Å². The molecule has 1 saturated carbocycles. The molecule has 4 nitrogen and oxygen atoms in total. The van der Waals surface area contributed by atoms with Crippen molar-refractivity contribution in [2.45, 2.75) is 19.8 Å². The maximum atomic E-state index is 11.8. The summed E-state index contributed by atoms with van der Waals surface area (Å²) < 4.78 is 5.08. The Morgan fingerprint density at radius 1 is 1.59 bits per heavy atom. The highest BCUT2D eigenvalue weighted by atomic mass is 16.3. The molecule has 0 bridgehead atoms. The van der Waals surface area contributed by atoms with Crippen LogP contribution in [0.5, 0.6) is 0 Å². The Kier molecular flexibility index (Phi) is 2.35. The van der Waals surface area contributed by atoms with Gasteiger partial charge in [-0.2, -0.15) is 5.10 Å². The Labute approximate surface area is 99.4 Å². The van der Waals surface area contributed by atoms with Gasteiger partial charge < -0.3 is 4.42 Å². The fraction of sp³-hybridized carbons (Fsp3) is 0.385. The minimum absolute atomic E-state index is 0.196. The molecule has 88 valence electrons. The maximum absolute atomic E-state index is 11.8. The molecule has 3 rings (SSSR count). The minimum Gasteiger partial charge on any atom is -0.469 e. The van der Waals surface area contributed by atoms with E-state index in [1.54, 1.807) is 13.0 Å². The topological polar surface area (TPSA) is 54.6 Å². The quantitative estimate of drug-likeness (QED) is 0.626. The van der Waals surface area contributed by atoms with Gasteiger partial charge >= 0.3 is 0 Å².